The first-order valence-corrected chi connectivity index (χ1v) is 6.76. The topological polar surface area (TPSA) is 78.4 Å². The second kappa shape index (κ2) is 5.94. The maximum atomic E-state index is 12.1. The zero-order chi connectivity index (χ0) is 14.7. The van der Waals surface area contributed by atoms with Gasteiger partial charge in [-0.3, -0.25) is 14.2 Å². The SMILES string of the molecule is Cc1[nH]c(=O)n(CCC(=O)N2CCN(C=O)CC2)c1C. The molecule has 0 atom stereocenters. The van der Waals surface area contributed by atoms with Gasteiger partial charge in [0.1, 0.15) is 0 Å². The van der Waals surface area contributed by atoms with E-state index in [1.165, 1.54) is 0 Å². The third-order valence-corrected chi connectivity index (χ3v) is 3.85. The summed E-state index contributed by atoms with van der Waals surface area (Å²) in [5.74, 6) is 0.0284. The van der Waals surface area contributed by atoms with Crippen molar-refractivity contribution in [2.45, 2.75) is 26.8 Å². The molecule has 0 aliphatic carbocycles. The van der Waals surface area contributed by atoms with Crippen LogP contribution < -0.4 is 5.69 Å². The highest BCUT2D eigenvalue weighted by molar-refractivity contribution is 5.76. The Balaban J connectivity index is 1.89. The fraction of sp³-hybridized carbons (Fsp3) is 0.615. The van der Waals surface area contributed by atoms with E-state index in [-0.39, 0.29) is 11.6 Å². The molecule has 7 nitrogen and oxygen atoms in total. The van der Waals surface area contributed by atoms with E-state index in [9.17, 15) is 14.4 Å². The molecule has 7 heteroatoms. The van der Waals surface area contributed by atoms with Crippen molar-refractivity contribution in [3.05, 3.63) is 21.9 Å². The zero-order valence-corrected chi connectivity index (χ0v) is 11.9. The Morgan fingerprint density at radius 1 is 1.25 bits per heavy atom. The Labute approximate surface area is 117 Å². The van der Waals surface area contributed by atoms with Crippen LogP contribution in [0, 0.1) is 13.8 Å². The van der Waals surface area contributed by atoms with Crippen LogP contribution in [0.3, 0.4) is 0 Å². The van der Waals surface area contributed by atoms with Gasteiger partial charge in [-0.1, -0.05) is 0 Å². The van der Waals surface area contributed by atoms with Gasteiger partial charge < -0.3 is 14.8 Å². The highest BCUT2D eigenvalue weighted by Crippen LogP contribution is 2.05. The van der Waals surface area contributed by atoms with Crippen molar-refractivity contribution in [1.29, 1.82) is 0 Å². The fourth-order valence-corrected chi connectivity index (χ4v) is 2.38. The molecule has 2 heterocycles. The molecule has 0 radical (unpaired) electrons. The molecule has 2 rings (SSSR count). The fourth-order valence-electron chi connectivity index (χ4n) is 2.38. The molecule has 1 N–H and O–H groups in total. The Bertz CT molecular complexity index is 552. The lowest BCUT2D eigenvalue weighted by Gasteiger charge is -2.32. The number of piperazine rings is 1. The van der Waals surface area contributed by atoms with Crippen LogP contribution in [0.5, 0.6) is 0 Å². The van der Waals surface area contributed by atoms with E-state index < -0.39 is 0 Å². The predicted molar refractivity (Wildman–Crippen MR) is 73.4 cm³/mol. The number of amides is 2. The van der Waals surface area contributed by atoms with Crippen molar-refractivity contribution in [2.24, 2.45) is 0 Å². The summed E-state index contributed by atoms with van der Waals surface area (Å²) in [6, 6.07) is 0. The summed E-state index contributed by atoms with van der Waals surface area (Å²) < 4.78 is 1.59. The van der Waals surface area contributed by atoms with Gasteiger partial charge in [-0.15, -0.1) is 0 Å². The summed E-state index contributed by atoms with van der Waals surface area (Å²) >= 11 is 0. The number of aromatic nitrogens is 2. The van der Waals surface area contributed by atoms with Gasteiger partial charge in [-0.05, 0) is 13.8 Å². The second-order valence-electron chi connectivity index (χ2n) is 5.06. The molecule has 1 fully saturated rings. The number of nitrogens with zero attached hydrogens (tertiary/aromatic N) is 3. The van der Waals surface area contributed by atoms with Crippen LogP contribution >= 0.6 is 0 Å². The molecule has 0 saturated carbocycles. The number of imidazole rings is 1. The Morgan fingerprint density at radius 2 is 1.90 bits per heavy atom. The van der Waals surface area contributed by atoms with Gasteiger partial charge in [0.15, 0.2) is 0 Å². The van der Waals surface area contributed by atoms with Crippen molar-refractivity contribution < 1.29 is 9.59 Å². The van der Waals surface area contributed by atoms with Gasteiger partial charge in [0.2, 0.25) is 12.3 Å². The Morgan fingerprint density at radius 3 is 2.40 bits per heavy atom. The van der Waals surface area contributed by atoms with Gasteiger partial charge in [-0.2, -0.15) is 0 Å². The van der Waals surface area contributed by atoms with Crippen molar-refractivity contribution in [2.75, 3.05) is 26.2 Å². The first-order chi connectivity index (χ1) is 9.52. The number of carbonyl (C=O) groups is 2. The van der Waals surface area contributed by atoms with Crippen LogP contribution in [0.2, 0.25) is 0 Å². The van der Waals surface area contributed by atoms with E-state index >= 15 is 0 Å². The van der Waals surface area contributed by atoms with Crippen LogP contribution in [0.1, 0.15) is 17.8 Å². The average molecular weight is 280 g/mol. The number of aryl methyl sites for hydroxylation is 1. The van der Waals surface area contributed by atoms with E-state index in [1.54, 1.807) is 14.4 Å². The molecule has 1 aliphatic rings. The van der Waals surface area contributed by atoms with Gasteiger partial charge in [-0.25, -0.2) is 4.79 Å². The molecule has 0 bridgehead atoms. The minimum Gasteiger partial charge on any atom is -0.342 e. The van der Waals surface area contributed by atoms with Crippen molar-refractivity contribution in [1.82, 2.24) is 19.4 Å². The van der Waals surface area contributed by atoms with E-state index in [4.69, 9.17) is 0 Å². The van der Waals surface area contributed by atoms with Gasteiger partial charge in [0, 0.05) is 50.5 Å². The number of hydrogen-bond donors (Lipinski definition) is 1. The molecule has 0 spiro atoms. The molecule has 110 valence electrons. The highest BCUT2D eigenvalue weighted by atomic mass is 16.2. The summed E-state index contributed by atoms with van der Waals surface area (Å²) in [5, 5.41) is 0. The number of hydrogen-bond acceptors (Lipinski definition) is 3. The zero-order valence-electron chi connectivity index (χ0n) is 11.9. The van der Waals surface area contributed by atoms with Gasteiger partial charge in [0.25, 0.3) is 0 Å². The van der Waals surface area contributed by atoms with E-state index in [2.05, 4.69) is 4.98 Å². The molecular formula is C13H20N4O3. The largest absolute Gasteiger partial charge is 0.342 e. The molecule has 1 aromatic heterocycles. The molecule has 20 heavy (non-hydrogen) atoms. The molecule has 1 aromatic rings. The van der Waals surface area contributed by atoms with E-state index in [1.807, 2.05) is 13.8 Å². The number of rotatable bonds is 4. The van der Waals surface area contributed by atoms with E-state index in [0.29, 0.717) is 39.1 Å². The van der Waals surface area contributed by atoms with Crippen LogP contribution in [0.15, 0.2) is 4.79 Å². The lowest BCUT2D eigenvalue weighted by Crippen LogP contribution is -2.48. The van der Waals surface area contributed by atoms with E-state index in [0.717, 1.165) is 17.8 Å². The first kappa shape index (κ1) is 14.4. The number of nitrogens with one attached hydrogen (secondary N) is 1. The van der Waals surface area contributed by atoms with Crippen LogP contribution in [0.25, 0.3) is 0 Å². The summed E-state index contributed by atoms with van der Waals surface area (Å²) in [7, 11) is 0. The number of aromatic amines is 1. The number of H-pyrrole nitrogens is 1. The smallest absolute Gasteiger partial charge is 0.325 e. The first-order valence-electron chi connectivity index (χ1n) is 6.76. The minimum atomic E-state index is -0.168. The normalized spacial score (nSPS) is 15.5. The monoisotopic (exact) mass is 280 g/mol. The predicted octanol–water partition coefficient (Wildman–Crippen LogP) is -0.516. The van der Waals surface area contributed by atoms with Gasteiger partial charge >= 0.3 is 5.69 Å². The lowest BCUT2D eigenvalue weighted by atomic mass is 10.3. The van der Waals surface area contributed by atoms with Crippen LogP contribution in [0.4, 0.5) is 0 Å². The van der Waals surface area contributed by atoms with Crippen molar-refractivity contribution in [3.8, 4) is 0 Å². The van der Waals surface area contributed by atoms with Crippen molar-refractivity contribution in [3.63, 3.8) is 0 Å². The minimum absolute atomic E-state index is 0.0284. The summed E-state index contributed by atoms with van der Waals surface area (Å²) in [6.45, 7) is 6.39. The second-order valence-corrected chi connectivity index (χ2v) is 5.06. The standard InChI is InChI=1S/C13H20N4O3/c1-10-11(2)17(13(20)14-10)4-3-12(19)16-7-5-15(9-18)6-8-16/h9H,3-8H2,1-2H3,(H,14,20). The third-order valence-electron chi connectivity index (χ3n) is 3.85. The molecule has 1 aliphatic heterocycles. The maximum absolute atomic E-state index is 12.1. The molecular weight excluding hydrogens is 260 g/mol. The number of carbonyl (C=O) groups excluding carboxylic acids is 2. The van der Waals surface area contributed by atoms with Crippen LogP contribution in [-0.2, 0) is 16.1 Å². The quantitative estimate of drug-likeness (QED) is 0.754. The molecule has 0 aromatic carbocycles. The molecule has 0 unspecified atom stereocenters. The summed E-state index contributed by atoms with van der Waals surface area (Å²) in [6.07, 6.45) is 1.12. The summed E-state index contributed by atoms with van der Waals surface area (Å²) in [4.78, 5) is 40.5. The van der Waals surface area contributed by atoms with Gasteiger partial charge in [0.05, 0.1) is 0 Å². The Hall–Kier alpha value is -2.05. The van der Waals surface area contributed by atoms with Crippen LogP contribution in [-0.4, -0.2) is 57.8 Å². The average Bonchev–Trinajstić information content (AvgIpc) is 2.70. The highest BCUT2D eigenvalue weighted by Gasteiger charge is 2.20. The maximum Gasteiger partial charge on any atom is 0.325 e. The molecule has 1 saturated heterocycles. The lowest BCUT2D eigenvalue weighted by molar-refractivity contribution is -0.135. The third kappa shape index (κ3) is 2.92. The molecule has 2 amide bonds. The summed E-state index contributed by atoms with van der Waals surface area (Å²) in [5.41, 5.74) is 1.54. The van der Waals surface area contributed by atoms with Crippen molar-refractivity contribution >= 4 is 12.3 Å². The Kier molecular flexibility index (Phi) is 4.26.